The van der Waals surface area contributed by atoms with Crippen LogP contribution < -0.4 is 4.72 Å². The van der Waals surface area contributed by atoms with Crippen LogP contribution in [0.4, 0.5) is 13.2 Å². The van der Waals surface area contributed by atoms with Crippen molar-refractivity contribution in [3.05, 3.63) is 41.0 Å². The van der Waals surface area contributed by atoms with Gasteiger partial charge in [0.1, 0.15) is 6.54 Å². The summed E-state index contributed by atoms with van der Waals surface area (Å²) in [6.45, 7) is 2.72. The molecule has 3 atom stereocenters. The molecule has 3 fully saturated rings. The first-order valence-corrected chi connectivity index (χ1v) is 13.0. The Bertz CT molecular complexity index is 1020. The summed E-state index contributed by atoms with van der Waals surface area (Å²) >= 11 is 0. The highest BCUT2D eigenvalue weighted by Gasteiger charge is 2.60. The smallest absolute Gasteiger partial charge is 0.379 e. The molecule has 33 heavy (non-hydrogen) atoms. The zero-order valence-electron chi connectivity index (χ0n) is 18.5. The highest BCUT2D eigenvalue weighted by atomic mass is 32.2. The molecular formula is C23H30F3N3O3S. The molecule has 0 amide bonds. The Balaban J connectivity index is 1.34. The topological polar surface area (TPSA) is 61.9 Å². The van der Waals surface area contributed by atoms with Crippen LogP contribution in [0.15, 0.2) is 24.3 Å². The summed E-state index contributed by atoms with van der Waals surface area (Å²) in [5.74, 6) is -0.0104. The molecule has 182 valence electrons. The van der Waals surface area contributed by atoms with E-state index in [0.29, 0.717) is 17.1 Å². The maximum Gasteiger partial charge on any atom is 0.402 e. The normalized spacial score (nSPS) is 32.5. The number of nitrogens with one attached hydrogen (secondary N) is 1. The minimum Gasteiger partial charge on any atom is -0.379 e. The lowest BCUT2D eigenvalue weighted by molar-refractivity contribution is -0.136. The lowest BCUT2D eigenvalue weighted by Gasteiger charge is -2.33. The summed E-state index contributed by atoms with van der Waals surface area (Å²) in [6, 6.07) is 6.35. The molecule has 0 radical (unpaired) electrons. The van der Waals surface area contributed by atoms with Crippen LogP contribution in [0.1, 0.15) is 29.5 Å². The summed E-state index contributed by atoms with van der Waals surface area (Å²) < 4.78 is 73.0. The lowest BCUT2D eigenvalue weighted by atomic mass is 9.79. The average molecular weight is 486 g/mol. The minimum atomic E-state index is -4.56. The summed E-state index contributed by atoms with van der Waals surface area (Å²) in [5.41, 5.74) is 2.64. The van der Waals surface area contributed by atoms with Crippen molar-refractivity contribution >= 4 is 16.3 Å². The number of hydrogen-bond acceptors (Lipinski definition) is 4. The molecule has 1 aromatic carbocycles. The number of ether oxygens (including phenoxy) is 1. The summed E-state index contributed by atoms with van der Waals surface area (Å²) in [5, 5.41) is 0. The van der Waals surface area contributed by atoms with Crippen molar-refractivity contribution in [2.75, 3.05) is 45.9 Å². The Morgan fingerprint density at radius 3 is 2.52 bits per heavy atom. The van der Waals surface area contributed by atoms with Gasteiger partial charge in [-0.05, 0) is 54.2 Å². The molecule has 0 aromatic heterocycles. The van der Waals surface area contributed by atoms with Gasteiger partial charge >= 0.3 is 6.18 Å². The van der Waals surface area contributed by atoms with E-state index < -0.39 is 28.5 Å². The third kappa shape index (κ3) is 4.73. The van der Waals surface area contributed by atoms with Crippen LogP contribution in [0.2, 0.25) is 0 Å². The third-order valence-corrected chi connectivity index (χ3v) is 9.29. The van der Waals surface area contributed by atoms with Gasteiger partial charge in [-0.2, -0.15) is 30.6 Å². The van der Waals surface area contributed by atoms with Crippen LogP contribution in [0.5, 0.6) is 0 Å². The zero-order chi connectivity index (χ0) is 23.3. The van der Waals surface area contributed by atoms with Crippen molar-refractivity contribution in [1.82, 2.24) is 13.9 Å². The van der Waals surface area contributed by atoms with E-state index in [4.69, 9.17) is 4.74 Å². The van der Waals surface area contributed by atoms with Crippen LogP contribution in [0, 0.1) is 11.8 Å². The highest BCUT2D eigenvalue weighted by Crippen LogP contribution is 2.50. The second-order valence-electron chi connectivity index (χ2n) is 9.75. The van der Waals surface area contributed by atoms with Crippen LogP contribution in [0.3, 0.4) is 0 Å². The molecule has 5 rings (SSSR count). The second-order valence-corrected chi connectivity index (χ2v) is 11.4. The largest absolute Gasteiger partial charge is 0.402 e. The SMILES string of the molecule is O=S1(=O)N[C@@]2(CN1CC(F)(F)F)[C@@H]1CC[C@H]2Cc2ccc(/C=C/CN3CCOCC3)cc2C1. The van der Waals surface area contributed by atoms with E-state index in [9.17, 15) is 21.6 Å². The Morgan fingerprint density at radius 2 is 1.82 bits per heavy atom. The molecule has 2 aliphatic heterocycles. The van der Waals surface area contributed by atoms with E-state index in [1.165, 1.54) is 11.1 Å². The lowest BCUT2D eigenvalue weighted by Crippen LogP contribution is -2.52. The third-order valence-electron chi connectivity index (χ3n) is 7.71. The fourth-order valence-electron chi connectivity index (χ4n) is 6.09. The molecule has 1 N–H and O–H groups in total. The maximum absolute atomic E-state index is 13.0. The standard InChI is InChI=1S/C23H30F3N3O3S/c24-23(25,26)16-29-15-22(27-33(29,30)31)20-5-6-21(22)14-19-12-17(3-4-18(19)13-20)2-1-7-28-8-10-32-11-9-28/h1-4,12,20-21,27H,5-11,13-16H2/b2-1+/t20-,21+,22+/m0/s1. The van der Waals surface area contributed by atoms with Gasteiger partial charge in [-0.25, -0.2) is 0 Å². The summed E-state index contributed by atoms with van der Waals surface area (Å²) in [6.07, 6.45) is 2.72. The Kier molecular flexibility index (Phi) is 6.10. The number of morpholine rings is 1. The number of fused-ring (bicyclic) bond motifs is 1. The molecule has 4 aliphatic rings. The highest BCUT2D eigenvalue weighted by molar-refractivity contribution is 7.87. The van der Waals surface area contributed by atoms with Gasteiger partial charge in [-0.1, -0.05) is 30.4 Å². The first-order chi connectivity index (χ1) is 15.6. The van der Waals surface area contributed by atoms with Crippen molar-refractivity contribution in [2.24, 2.45) is 11.8 Å². The van der Waals surface area contributed by atoms with Gasteiger partial charge in [-0.15, -0.1) is 0 Å². The number of rotatable bonds is 4. The predicted molar refractivity (Wildman–Crippen MR) is 119 cm³/mol. The molecule has 0 unspecified atom stereocenters. The Labute approximate surface area is 192 Å². The van der Waals surface area contributed by atoms with Crippen LogP contribution in [-0.4, -0.2) is 75.3 Å². The monoisotopic (exact) mass is 485 g/mol. The molecule has 1 saturated carbocycles. The molecule has 1 spiro atoms. The van der Waals surface area contributed by atoms with Crippen molar-refractivity contribution < 1.29 is 26.3 Å². The first kappa shape index (κ1) is 23.3. The molecule has 10 heteroatoms. The quantitative estimate of drug-likeness (QED) is 0.713. The molecule has 2 heterocycles. The van der Waals surface area contributed by atoms with Gasteiger partial charge in [0, 0.05) is 26.2 Å². The molecule has 6 nitrogen and oxygen atoms in total. The van der Waals surface area contributed by atoms with Crippen LogP contribution >= 0.6 is 0 Å². The van der Waals surface area contributed by atoms with Gasteiger partial charge in [0.2, 0.25) is 0 Å². The van der Waals surface area contributed by atoms with Gasteiger partial charge < -0.3 is 4.74 Å². The minimum absolute atomic E-state index is 0.000490. The van der Waals surface area contributed by atoms with Gasteiger partial charge in [0.15, 0.2) is 0 Å². The first-order valence-electron chi connectivity index (χ1n) is 11.6. The number of alkyl halides is 3. The molecule has 2 saturated heterocycles. The summed E-state index contributed by atoms with van der Waals surface area (Å²) in [7, 11) is -4.15. The maximum atomic E-state index is 13.0. The van der Waals surface area contributed by atoms with E-state index in [0.717, 1.165) is 51.3 Å². The number of nitrogens with zero attached hydrogens (tertiary/aromatic N) is 2. The number of benzene rings is 1. The average Bonchev–Trinajstić information content (AvgIpc) is 3.12. The zero-order valence-corrected chi connectivity index (χ0v) is 19.3. The fourth-order valence-corrected chi connectivity index (χ4v) is 7.80. The predicted octanol–water partition coefficient (Wildman–Crippen LogP) is 2.61. The van der Waals surface area contributed by atoms with E-state index in [-0.39, 0.29) is 18.4 Å². The van der Waals surface area contributed by atoms with Crippen molar-refractivity contribution in [3.8, 4) is 0 Å². The van der Waals surface area contributed by atoms with Crippen molar-refractivity contribution in [1.29, 1.82) is 0 Å². The number of halogens is 3. The van der Waals surface area contributed by atoms with Gasteiger partial charge in [-0.3, -0.25) is 4.90 Å². The summed E-state index contributed by atoms with van der Waals surface area (Å²) in [4.78, 5) is 2.34. The van der Waals surface area contributed by atoms with E-state index >= 15 is 0 Å². The van der Waals surface area contributed by atoms with E-state index in [1.54, 1.807) is 0 Å². The van der Waals surface area contributed by atoms with Gasteiger partial charge in [0.25, 0.3) is 10.2 Å². The fraction of sp³-hybridized carbons (Fsp3) is 0.652. The second kappa shape index (κ2) is 8.64. The molecular weight excluding hydrogens is 455 g/mol. The molecule has 1 aromatic rings. The Morgan fingerprint density at radius 1 is 1.12 bits per heavy atom. The molecule has 2 bridgehead atoms. The van der Waals surface area contributed by atoms with E-state index in [1.807, 2.05) is 0 Å². The Hall–Kier alpha value is -1.46. The molecule has 2 aliphatic carbocycles. The van der Waals surface area contributed by atoms with Crippen molar-refractivity contribution in [2.45, 2.75) is 37.4 Å². The van der Waals surface area contributed by atoms with Crippen molar-refractivity contribution in [3.63, 3.8) is 0 Å². The van der Waals surface area contributed by atoms with E-state index in [2.05, 4.69) is 40.0 Å². The van der Waals surface area contributed by atoms with Crippen LogP contribution in [0.25, 0.3) is 6.08 Å². The van der Waals surface area contributed by atoms with Crippen LogP contribution in [-0.2, 0) is 27.8 Å². The van der Waals surface area contributed by atoms with Gasteiger partial charge in [0.05, 0.1) is 18.8 Å². The number of hydrogen-bond donors (Lipinski definition) is 1.